The van der Waals surface area contributed by atoms with Crippen LogP contribution >= 0.6 is 11.6 Å². The van der Waals surface area contributed by atoms with E-state index >= 15 is 0 Å². The molecule has 0 aliphatic rings. The summed E-state index contributed by atoms with van der Waals surface area (Å²) in [6.07, 6.45) is 4.68. The molecule has 0 unspecified atom stereocenters. The van der Waals surface area contributed by atoms with Gasteiger partial charge in [-0.15, -0.1) is 0 Å². The van der Waals surface area contributed by atoms with Crippen molar-refractivity contribution in [2.75, 3.05) is 0 Å². The van der Waals surface area contributed by atoms with Crippen LogP contribution in [0.3, 0.4) is 0 Å². The highest BCUT2D eigenvalue weighted by molar-refractivity contribution is 6.29. The molecule has 2 aromatic rings. The highest BCUT2D eigenvalue weighted by Crippen LogP contribution is 2.21. The maximum Gasteiger partial charge on any atom is 0.134 e. The Hall–Kier alpha value is -1.61. The highest BCUT2D eigenvalue weighted by atomic mass is 35.5. The van der Waals surface area contributed by atoms with Gasteiger partial charge in [0.1, 0.15) is 10.9 Å². The van der Waals surface area contributed by atoms with Crippen LogP contribution in [0.4, 0.5) is 0 Å². The summed E-state index contributed by atoms with van der Waals surface area (Å²) in [6, 6.07) is 5.14. The van der Waals surface area contributed by atoms with E-state index in [1.807, 2.05) is 6.07 Å². The SMILES string of the molecule is Oc1cncc(-c2ccc(Cl)nc2)c1. The molecule has 0 saturated carbocycles. The molecule has 1 N–H and O–H groups in total. The molecule has 0 aromatic carbocycles. The predicted molar refractivity (Wildman–Crippen MR) is 54.1 cm³/mol. The number of rotatable bonds is 1. The molecule has 2 heterocycles. The van der Waals surface area contributed by atoms with Gasteiger partial charge in [-0.2, -0.15) is 0 Å². The molecule has 0 fully saturated rings. The zero-order chi connectivity index (χ0) is 9.97. The molecule has 2 aromatic heterocycles. The Morgan fingerprint density at radius 3 is 2.57 bits per heavy atom. The molecule has 14 heavy (non-hydrogen) atoms. The second kappa shape index (κ2) is 3.64. The van der Waals surface area contributed by atoms with E-state index in [2.05, 4.69) is 9.97 Å². The Kier molecular flexibility index (Phi) is 2.33. The number of hydrogen-bond acceptors (Lipinski definition) is 3. The Bertz CT molecular complexity index is 442. The summed E-state index contributed by atoms with van der Waals surface area (Å²) in [6.45, 7) is 0. The van der Waals surface area contributed by atoms with Crippen molar-refractivity contribution in [2.45, 2.75) is 0 Å². The Morgan fingerprint density at radius 2 is 1.93 bits per heavy atom. The lowest BCUT2D eigenvalue weighted by atomic mass is 10.1. The first kappa shape index (κ1) is 8.97. The minimum Gasteiger partial charge on any atom is -0.506 e. The van der Waals surface area contributed by atoms with Gasteiger partial charge in [0.2, 0.25) is 0 Å². The predicted octanol–water partition coefficient (Wildman–Crippen LogP) is 2.50. The van der Waals surface area contributed by atoms with Crippen LogP contribution in [0.2, 0.25) is 5.15 Å². The summed E-state index contributed by atoms with van der Waals surface area (Å²) >= 11 is 5.65. The molecular weight excluding hydrogens is 200 g/mol. The number of pyridine rings is 2. The molecule has 70 valence electrons. The normalized spacial score (nSPS) is 10.1. The van der Waals surface area contributed by atoms with Crippen molar-refractivity contribution >= 4 is 11.6 Å². The Labute approximate surface area is 86.0 Å². The Morgan fingerprint density at radius 1 is 1.07 bits per heavy atom. The van der Waals surface area contributed by atoms with Crippen LogP contribution in [0.15, 0.2) is 36.8 Å². The second-order valence-electron chi connectivity index (χ2n) is 2.80. The van der Waals surface area contributed by atoms with Crippen molar-refractivity contribution in [1.82, 2.24) is 9.97 Å². The van der Waals surface area contributed by atoms with Crippen molar-refractivity contribution < 1.29 is 5.11 Å². The summed E-state index contributed by atoms with van der Waals surface area (Å²) in [5.41, 5.74) is 1.69. The molecule has 0 spiro atoms. The number of hydrogen-bond donors (Lipinski definition) is 1. The summed E-state index contributed by atoms with van der Waals surface area (Å²) in [4.78, 5) is 7.81. The summed E-state index contributed by atoms with van der Waals surface area (Å²) < 4.78 is 0. The fourth-order valence-electron chi connectivity index (χ4n) is 1.13. The molecule has 0 aliphatic heterocycles. The van der Waals surface area contributed by atoms with Gasteiger partial charge in [0, 0.05) is 23.5 Å². The smallest absolute Gasteiger partial charge is 0.134 e. The molecule has 0 atom stereocenters. The van der Waals surface area contributed by atoms with Crippen LogP contribution in [0.25, 0.3) is 11.1 Å². The number of nitrogens with zero attached hydrogens (tertiary/aromatic N) is 2. The van der Waals surface area contributed by atoms with E-state index in [-0.39, 0.29) is 5.75 Å². The number of aromatic nitrogens is 2. The standard InChI is InChI=1S/C10H7ClN2O/c11-10-2-1-7(5-13-10)8-3-9(14)6-12-4-8/h1-6,14H. The molecule has 0 bridgehead atoms. The lowest BCUT2D eigenvalue weighted by Crippen LogP contribution is -1.81. The maximum absolute atomic E-state index is 9.22. The van der Waals surface area contributed by atoms with E-state index in [0.717, 1.165) is 11.1 Å². The third kappa shape index (κ3) is 1.83. The van der Waals surface area contributed by atoms with Gasteiger partial charge in [0.15, 0.2) is 0 Å². The topological polar surface area (TPSA) is 46.0 Å². The van der Waals surface area contributed by atoms with Gasteiger partial charge in [-0.1, -0.05) is 11.6 Å². The van der Waals surface area contributed by atoms with Crippen molar-refractivity contribution in [3.8, 4) is 16.9 Å². The fraction of sp³-hybridized carbons (Fsp3) is 0. The van der Waals surface area contributed by atoms with Crippen LogP contribution in [0.1, 0.15) is 0 Å². The van der Waals surface area contributed by atoms with Gasteiger partial charge in [-0.05, 0) is 18.2 Å². The average molecular weight is 207 g/mol. The van der Waals surface area contributed by atoms with Gasteiger partial charge in [-0.3, -0.25) is 4.98 Å². The van der Waals surface area contributed by atoms with E-state index in [0.29, 0.717) is 5.15 Å². The summed E-state index contributed by atoms with van der Waals surface area (Å²) in [5, 5.41) is 9.67. The summed E-state index contributed by atoms with van der Waals surface area (Å²) in [5.74, 6) is 0.137. The van der Waals surface area contributed by atoms with Crippen LogP contribution in [0, 0.1) is 0 Å². The zero-order valence-electron chi connectivity index (χ0n) is 7.18. The van der Waals surface area contributed by atoms with E-state index in [1.165, 1.54) is 6.20 Å². The molecule has 0 saturated heterocycles. The van der Waals surface area contributed by atoms with E-state index in [1.54, 1.807) is 24.5 Å². The van der Waals surface area contributed by atoms with Crippen LogP contribution in [0.5, 0.6) is 5.75 Å². The fourth-order valence-corrected chi connectivity index (χ4v) is 1.24. The first-order chi connectivity index (χ1) is 6.75. The van der Waals surface area contributed by atoms with Gasteiger partial charge >= 0.3 is 0 Å². The molecular formula is C10H7ClN2O. The van der Waals surface area contributed by atoms with Crippen molar-refractivity contribution in [2.24, 2.45) is 0 Å². The van der Waals surface area contributed by atoms with Gasteiger partial charge < -0.3 is 5.11 Å². The van der Waals surface area contributed by atoms with E-state index in [4.69, 9.17) is 11.6 Å². The molecule has 2 rings (SSSR count). The third-order valence-corrected chi connectivity index (χ3v) is 2.01. The first-order valence-corrected chi connectivity index (χ1v) is 4.39. The third-order valence-electron chi connectivity index (χ3n) is 1.78. The quantitative estimate of drug-likeness (QED) is 0.730. The lowest BCUT2D eigenvalue weighted by molar-refractivity contribution is 0.473. The Balaban J connectivity index is 2.44. The largest absolute Gasteiger partial charge is 0.506 e. The van der Waals surface area contributed by atoms with Gasteiger partial charge in [-0.25, -0.2) is 4.98 Å². The number of halogens is 1. The highest BCUT2D eigenvalue weighted by Gasteiger charge is 1.99. The van der Waals surface area contributed by atoms with Crippen molar-refractivity contribution in [1.29, 1.82) is 0 Å². The molecule has 4 heteroatoms. The minimum atomic E-state index is 0.137. The van der Waals surface area contributed by atoms with Crippen molar-refractivity contribution in [3.63, 3.8) is 0 Å². The van der Waals surface area contributed by atoms with E-state index < -0.39 is 0 Å². The monoisotopic (exact) mass is 206 g/mol. The molecule has 0 radical (unpaired) electrons. The van der Waals surface area contributed by atoms with Gasteiger partial charge in [0.25, 0.3) is 0 Å². The maximum atomic E-state index is 9.22. The zero-order valence-corrected chi connectivity index (χ0v) is 7.94. The molecule has 3 nitrogen and oxygen atoms in total. The number of aromatic hydroxyl groups is 1. The molecule has 0 amide bonds. The first-order valence-electron chi connectivity index (χ1n) is 4.01. The van der Waals surface area contributed by atoms with Crippen LogP contribution in [-0.4, -0.2) is 15.1 Å². The van der Waals surface area contributed by atoms with Gasteiger partial charge in [0.05, 0.1) is 6.20 Å². The van der Waals surface area contributed by atoms with Crippen LogP contribution < -0.4 is 0 Å². The van der Waals surface area contributed by atoms with E-state index in [9.17, 15) is 5.11 Å². The minimum absolute atomic E-state index is 0.137. The second-order valence-corrected chi connectivity index (χ2v) is 3.19. The van der Waals surface area contributed by atoms with Crippen LogP contribution in [-0.2, 0) is 0 Å². The van der Waals surface area contributed by atoms with Crippen molar-refractivity contribution in [3.05, 3.63) is 41.9 Å². The summed E-state index contributed by atoms with van der Waals surface area (Å²) in [7, 11) is 0. The average Bonchev–Trinajstić information content (AvgIpc) is 2.19. The lowest BCUT2D eigenvalue weighted by Gasteiger charge is -2.00. The molecule has 0 aliphatic carbocycles.